The van der Waals surface area contributed by atoms with Gasteiger partial charge in [0.2, 0.25) is 0 Å². The number of thiophene rings is 1. The number of carbonyl (C=O) groups is 1. The normalized spacial score (nSPS) is 11.3. The van der Waals surface area contributed by atoms with Crippen LogP contribution in [0, 0.1) is 11.6 Å². The largest absolute Gasteiger partial charge is 0.383 e. The molecule has 0 bridgehead atoms. The lowest BCUT2D eigenvalue weighted by molar-refractivity contribution is 0.159. The number of halogens is 2. The summed E-state index contributed by atoms with van der Waals surface area (Å²) in [6.45, 7) is 3.09. The van der Waals surface area contributed by atoms with Crippen LogP contribution in [0.5, 0.6) is 0 Å². The van der Waals surface area contributed by atoms with Gasteiger partial charge in [-0.15, -0.1) is 16.4 Å². The fraction of sp³-hybridized carbons (Fsp3) is 0.258. The van der Waals surface area contributed by atoms with E-state index in [0.29, 0.717) is 47.9 Å². The molecular formula is C31H31F2N7O4S. The molecule has 0 unspecified atom stereocenters. The van der Waals surface area contributed by atoms with E-state index in [1.807, 2.05) is 18.9 Å². The molecule has 234 valence electrons. The summed E-state index contributed by atoms with van der Waals surface area (Å²) >= 11 is 1.17. The Labute approximate surface area is 260 Å². The number of ether oxygens (including phenoxy) is 1. The number of nitrogens with zero attached hydrogens (tertiary/aromatic N) is 5. The lowest BCUT2D eigenvalue weighted by atomic mass is 10.1. The van der Waals surface area contributed by atoms with E-state index in [0.717, 1.165) is 16.7 Å². The minimum atomic E-state index is -0.821. The number of fused-ring (bicyclic) bond motifs is 1. The Morgan fingerprint density at radius 3 is 2.42 bits per heavy atom. The predicted octanol–water partition coefficient (Wildman–Crippen LogP) is 4.22. The van der Waals surface area contributed by atoms with Gasteiger partial charge in [0.05, 0.1) is 18.5 Å². The molecule has 5 aromatic rings. The van der Waals surface area contributed by atoms with Gasteiger partial charge in [-0.25, -0.2) is 22.9 Å². The number of anilines is 1. The van der Waals surface area contributed by atoms with Gasteiger partial charge in [-0.2, -0.15) is 5.10 Å². The van der Waals surface area contributed by atoms with E-state index in [4.69, 9.17) is 4.74 Å². The van der Waals surface area contributed by atoms with Gasteiger partial charge in [0.25, 0.3) is 5.56 Å². The number of hydrogen-bond acceptors (Lipinski definition) is 8. The molecule has 45 heavy (non-hydrogen) atoms. The minimum Gasteiger partial charge on any atom is -0.383 e. The molecule has 0 saturated heterocycles. The predicted molar refractivity (Wildman–Crippen MR) is 169 cm³/mol. The van der Waals surface area contributed by atoms with E-state index in [-0.39, 0.29) is 27.6 Å². The third kappa shape index (κ3) is 6.67. The number of methoxy groups -OCH3 is 1. The number of aromatic nitrogens is 4. The van der Waals surface area contributed by atoms with Crippen molar-refractivity contribution in [2.45, 2.75) is 20.0 Å². The molecule has 2 amide bonds. The van der Waals surface area contributed by atoms with Crippen molar-refractivity contribution in [3.8, 4) is 16.3 Å². The first-order valence-corrected chi connectivity index (χ1v) is 14.9. The standard InChI is InChI=1S/C31H31F2N7O4S/c1-4-34-30(42)36-20-12-10-19(11-13-20)27-22(17-38(2)15-16-44-3)26-28(41)40(25-9-6-14-35-37-25)31(43)39(29(26)45-27)18-21-23(32)7-5-8-24(21)33/h5-14H,4,15-18H2,1-3H3,(H2,34,36,42). The van der Waals surface area contributed by atoms with Gasteiger partial charge >= 0.3 is 11.7 Å². The van der Waals surface area contributed by atoms with Gasteiger partial charge < -0.3 is 15.4 Å². The van der Waals surface area contributed by atoms with Gasteiger partial charge in [-0.3, -0.25) is 14.3 Å². The van der Waals surface area contributed by atoms with E-state index < -0.39 is 29.4 Å². The summed E-state index contributed by atoms with van der Waals surface area (Å²) < 4.78 is 37.1. The number of benzene rings is 2. The van der Waals surface area contributed by atoms with Crippen LogP contribution in [0.1, 0.15) is 18.1 Å². The molecule has 14 heteroatoms. The molecule has 3 aromatic heterocycles. The Kier molecular flexibility index (Phi) is 9.76. The maximum Gasteiger partial charge on any atom is 0.338 e. The Balaban J connectivity index is 1.78. The molecular weight excluding hydrogens is 604 g/mol. The summed E-state index contributed by atoms with van der Waals surface area (Å²) in [6.07, 6.45) is 1.41. The third-order valence-electron chi connectivity index (χ3n) is 7.09. The smallest absolute Gasteiger partial charge is 0.338 e. The maximum absolute atomic E-state index is 14.9. The number of amides is 2. The molecule has 0 aliphatic rings. The van der Waals surface area contributed by atoms with E-state index in [9.17, 15) is 23.2 Å². The molecule has 3 heterocycles. The molecule has 0 radical (unpaired) electrons. The zero-order valence-corrected chi connectivity index (χ0v) is 25.7. The second kappa shape index (κ2) is 13.9. The third-order valence-corrected chi connectivity index (χ3v) is 8.39. The zero-order chi connectivity index (χ0) is 32.1. The Bertz CT molecular complexity index is 1920. The summed E-state index contributed by atoms with van der Waals surface area (Å²) in [5, 5.41) is 13.5. The van der Waals surface area contributed by atoms with Crippen LogP contribution >= 0.6 is 11.3 Å². The molecule has 0 saturated carbocycles. The maximum atomic E-state index is 14.9. The van der Waals surface area contributed by atoms with Crippen molar-refractivity contribution in [3.63, 3.8) is 0 Å². The highest BCUT2D eigenvalue weighted by Crippen LogP contribution is 2.38. The molecule has 11 nitrogen and oxygen atoms in total. The average Bonchev–Trinajstić information content (AvgIpc) is 3.39. The monoisotopic (exact) mass is 635 g/mol. The number of carbonyl (C=O) groups excluding carboxylic acids is 1. The van der Waals surface area contributed by atoms with E-state index in [2.05, 4.69) is 20.8 Å². The van der Waals surface area contributed by atoms with E-state index in [1.165, 1.54) is 40.3 Å². The summed E-state index contributed by atoms with van der Waals surface area (Å²) in [4.78, 5) is 43.2. The molecule has 0 fully saturated rings. The van der Waals surface area contributed by atoms with Gasteiger partial charge in [-0.1, -0.05) is 18.2 Å². The number of urea groups is 1. The van der Waals surface area contributed by atoms with Crippen LogP contribution in [0.2, 0.25) is 0 Å². The number of likely N-dealkylation sites (N-methyl/N-ethyl adjacent to an activating group) is 1. The minimum absolute atomic E-state index is 0.0237. The molecule has 2 aromatic carbocycles. The van der Waals surface area contributed by atoms with Crippen molar-refractivity contribution in [3.05, 3.63) is 104 Å². The first-order valence-electron chi connectivity index (χ1n) is 14.1. The van der Waals surface area contributed by atoms with Crippen LogP contribution in [0.4, 0.5) is 19.3 Å². The molecule has 0 aliphatic carbocycles. The molecule has 0 atom stereocenters. The van der Waals surface area contributed by atoms with E-state index >= 15 is 0 Å². The van der Waals surface area contributed by atoms with Crippen molar-refractivity contribution >= 4 is 33.3 Å². The second-order valence-corrected chi connectivity index (χ2v) is 11.2. The van der Waals surface area contributed by atoms with Crippen molar-refractivity contribution < 1.29 is 18.3 Å². The van der Waals surface area contributed by atoms with Crippen LogP contribution in [0.3, 0.4) is 0 Å². The number of hydrogen-bond donors (Lipinski definition) is 2. The lowest BCUT2D eigenvalue weighted by Crippen LogP contribution is -2.40. The highest BCUT2D eigenvalue weighted by molar-refractivity contribution is 7.22. The summed E-state index contributed by atoms with van der Waals surface area (Å²) in [5.74, 6) is -1.66. The first-order chi connectivity index (χ1) is 21.7. The molecule has 2 N–H and O–H groups in total. The summed E-state index contributed by atoms with van der Waals surface area (Å²) in [5.41, 5.74) is 0.121. The molecule has 0 spiro atoms. The highest BCUT2D eigenvalue weighted by atomic mass is 32.1. The van der Waals surface area contributed by atoms with E-state index in [1.54, 1.807) is 31.4 Å². The van der Waals surface area contributed by atoms with Crippen molar-refractivity contribution in [2.24, 2.45) is 0 Å². The van der Waals surface area contributed by atoms with Crippen molar-refractivity contribution in [1.29, 1.82) is 0 Å². The topological polar surface area (TPSA) is 123 Å². The van der Waals surface area contributed by atoms with Crippen LogP contribution in [0.25, 0.3) is 26.5 Å². The Morgan fingerprint density at radius 1 is 1.04 bits per heavy atom. The lowest BCUT2D eigenvalue weighted by Gasteiger charge is -2.17. The average molecular weight is 636 g/mol. The van der Waals surface area contributed by atoms with Gasteiger partial charge in [-0.05, 0) is 61.5 Å². The van der Waals surface area contributed by atoms with Crippen molar-refractivity contribution in [2.75, 3.05) is 39.2 Å². The fourth-order valence-corrected chi connectivity index (χ4v) is 6.19. The van der Waals surface area contributed by atoms with Gasteiger partial charge in [0.1, 0.15) is 16.5 Å². The van der Waals surface area contributed by atoms with Gasteiger partial charge in [0, 0.05) is 49.1 Å². The molecule has 0 aliphatic heterocycles. The number of nitrogens with one attached hydrogen (secondary N) is 2. The first kappa shape index (κ1) is 31.6. The fourth-order valence-electron chi connectivity index (χ4n) is 4.89. The van der Waals surface area contributed by atoms with Crippen LogP contribution in [-0.4, -0.2) is 64.1 Å². The van der Waals surface area contributed by atoms with Crippen LogP contribution < -0.4 is 21.9 Å². The second-order valence-electron chi connectivity index (χ2n) is 10.2. The molecule has 5 rings (SSSR count). The summed E-state index contributed by atoms with van der Waals surface area (Å²) in [6, 6.07) is 13.2. The Morgan fingerprint density at radius 2 is 1.78 bits per heavy atom. The van der Waals surface area contributed by atoms with Gasteiger partial charge in [0.15, 0.2) is 5.82 Å². The van der Waals surface area contributed by atoms with Crippen LogP contribution in [0.15, 0.2) is 70.4 Å². The SMILES string of the molecule is CCNC(=O)Nc1ccc(-c2sc3c(c2CN(C)CCOC)c(=O)n(-c2cccnn2)c(=O)n3Cc2c(F)cccc2F)cc1. The number of rotatable bonds is 11. The Hall–Kier alpha value is -4.79. The van der Waals surface area contributed by atoms with Crippen LogP contribution in [-0.2, 0) is 17.8 Å². The summed E-state index contributed by atoms with van der Waals surface area (Å²) in [7, 11) is 3.47. The highest BCUT2D eigenvalue weighted by Gasteiger charge is 2.26. The van der Waals surface area contributed by atoms with Crippen molar-refractivity contribution in [1.82, 2.24) is 29.5 Å². The quantitative estimate of drug-likeness (QED) is 0.223. The zero-order valence-electron chi connectivity index (χ0n) is 24.8.